The minimum atomic E-state index is -0.737. The zero-order chi connectivity index (χ0) is 15.9. The molecule has 0 amide bonds. The van der Waals surface area contributed by atoms with Crippen LogP contribution in [-0.4, -0.2) is 24.8 Å². The number of epoxide rings is 1. The standard InChI is InChI=1S/C19H24O4/c1-21-15-10-8-14(9-11-15)18-12-5-13-19(18,23-18)17(20)22-16-6-3-2-4-7-16/h8-11,16H,2-7,12-13H2,1H3. The number of benzene rings is 1. The first kappa shape index (κ1) is 15.0. The monoisotopic (exact) mass is 316 g/mol. The lowest BCUT2D eigenvalue weighted by atomic mass is 9.88. The molecule has 23 heavy (non-hydrogen) atoms. The Morgan fingerprint density at radius 3 is 2.52 bits per heavy atom. The Balaban J connectivity index is 1.52. The van der Waals surface area contributed by atoms with Crippen LogP contribution in [0.2, 0.25) is 0 Å². The fraction of sp³-hybridized carbons (Fsp3) is 0.632. The molecule has 0 aromatic heterocycles. The summed E-state index contributed by atoms with van der Waals surface area (Å²) < 4.78 is 17.1. The van der Waals surface area contributed by atoms with Crippen LogP contribution in [0.3, 0.4) is 0 Å². The maximum absolute atomic E-state index is 12.8. The molecule has 0 bridgehead atoms. The maximum atomic E-state index is 12.8. The van der Waals surface area contributed by atoms with Gasteiger partial charge in [0.25, 0.3) is 0 Å². The summed E-state index contributed by atoms with van der Waals surface area (Å²) in [6.07, 6.45) is 8.32. The minimum Gasteiger partial charge on any atom is -0.497 e. The van der Waals surface area contributed by atoms with Crippen molar-refractivity contribution in [3.05, 3.63) is 29.8 Å². The minimum absolute atomic E-state index is 0.0870. The largest absolute Gasteiger partial charge is 0.497 e. The third-order valence-corrected chi connectivity index (χ3v) is 5.73. The number of ether oxygens (including phenoxy) is 3. The van der Waals surface area contributed by atoms with Gasteiger partial charge in [-0.05, 0) is 62.6 Å². The van der Waals surface area contributed by atoms with Crippen LogP contribution in [0.15, 0.2) is 24.3 Å². The summed E-state index contributed by atoms with van der Waals surface area (Å²) in [5.74, 6) is 0.678. The van der Waals surface area contributed by atoms with Crippen molar-refractivity contribution >= 4 is 5.97 Å². The van der Waals surface area contributed by atoms with Crippen molar-refractivity contribution in [2.75, 3.05) is 7.11 Å². The Bertz CT molecular complexity index is 590. The van der Waals surface area contributed by atoms with Gasteiger partial charge in [-0.1, -0.05) is 18.6 Å². The molecule has 1 aliphatic heterocycles. The van der Waals surface area contributed by atoms with Crippen LogP contribution in [-0.2, 0) is 19.9 Å². The summed E-state index contributed by atoms with van der Waals surface area (Å²) in [5, 5.41) is 0. The fourth-order valence-electron chi connectivity index (χ4n) is 4.40. The average Bonchev–Trinajstić information content (AvgIpc) is 3.13. The van der Waals surface area contributed by atoms with Crippen LogP contribution in [0.1, 0.15) is 56.9 Å². The molecule has 4 nitrogen and oxygen atoms in total. The Labute approximate surface area is 137 Å². The molecular formula is C19H24O4. The van der Waals surface area contributed by atoms with E-state index in [0.717, 1.165) is 56.3 Å². The SMILES string of the molecule is COc1ccc(C23CCCC2(C(=O)OC2CCCCC2)O3)cc1. The highest BCUT2D eigenvalue weighted by Gasteiger charge is 2.78. The number of hydrogen-bond donors (Lipinski definition) is 0. The van der Waals surface area contributed by atoms with E-state index >= 15 is 0 Å². The fourth-order valence-corrected chi connectivity index (χ4v) is 4.40. The van der Waals surface area contributed by atoms with Gasteiger partial charge >= 0.3 is 5.97 Å². The van der Waals surface area contributed by atoms with Gasteiger partial charge in [-0.3, -0.25) is 0 Å². The highest BCUT2D eigenvalue weighted by atomic mass is 16.7. The molecular weight excluding hydrogens is 292 g/mol. The number of carbonyl (C=O) groups is 1. The molecule has 3 aliphatic rings. The lowest BCUT2D eigenvalue weighted by Gasteiger charge is -2.23. The van der Waals surface area contributed by atoms with Crippen LogP contribution in [0.25, 0.3) is 0 Å². The molecule has 4 rings (SSSR count). The van der Waals surface area contributed by atoms with Crippen LogP contribution in [0, 0.1) is 0 Å². The Morgan fingerprint density at radius 1 is 1.09 bits per heavy atom. The smallest absolute Gasteiger partial charge is 0.342 e. The zero-order valence-electron chi connectivity index (χ0n) is 13.7. The first-order valence-corrected chi connectivity index (χ1v) is 8.76. The highest BCUT2D eigenvalue weighted by molar-refractivity contribution is 5.86. The second-order valence-electron chi connectivity index (χ2n) is 7.00. The van der Waals surface area contributed by atoms with Gasteiger partial charge in [0.1, 0.15) is 17.5 Å². The van der Waals surface area contributed by atoms with Gasteiger partial charge in [-0.2, -0.15) is 0 Å². The van der Waals surface area contributed by atoms with Crippen LogP contribution >= 0.6 is 0 Å². The number of carbonyl (C=O) groups excluding carboxylic acids is 1. The predicted octanol–water partition coefficient (Wildman–Crippen LogP) is 3.72. The van der Waals surface area contributed by atoms with Crippen molar-refractivity contribution in [1.29, 1.82) is 0 Å². The van der Waals surface area contributed by atoms with Crippen molar-refractivity contribution in [2.45, 2.75) is 68.7 Å². The van der Waals surface area contributed by atoms with Crippen LogP contribution < -0.4 is 4.74 Å². The number of esters is 1. The summed E-state index contributed by atoms with van der Waals surface area (Å²) in [7, 11) is 1.66. The normalized spacial score (nSPS) is 33.1. The van der Waals surface area contributed by atoms with E-state index in [1.54, 1.807) is 7.11 Å². The van der Waals surface area contributed by atoms with Crippen molar-refractivity contribution in [3.8, 4) is 5.75 Å². The Hall–Kier alpha value is -1.55. The Morgan fingerprint density at radius 2 is 1.83 bits per heavy atom. The molecule has 4 heteroatoms. The molecule has 3 fully saturated rings. The lowest BCUT2D eigenvalue weighted by molar-refractivity contribution is -0.157. The van der Waals surface area contributed by atoms with Gasteiger partial charge in [-0.15, -0.1) is 0 Å². The second kappa shape index (κ2) is 5.52. The molecule has 1 aromatic rings. The quantitative estimate of drug-likeness (QED) is 0.627. The van der Waals surface area contributed by atoms with Gasteiger partial charge in [0.05, 0.1) is 7.11 Å². The summed E-state index contributed by atoms with van der Waals surface area (Å²) in [6, 6.07) is 7.89. The lowest BCUT2D eigenvalue weighted by Crippen LogP contribution is -2.34. The summed E-state index contributed by atoms with van der Waals surface area (Å²) in [6.45, 7) is 0. The van der Waals surface area contributed by atoms with Gasteiger partial charge in [0.2, 0.25) is 0 Å². The number of methoxy groups -OCH3 is 1. The summed E-state index contributed by atoms with van der Waals surface area (Å²) in [4.78, 5) is 12.8. The number of hydrogen-bond acceptors (Lipinski definition) is 4. The van der Waals surface area contributed by atoms with Gasteiger partial charge in [0, 0.05) is 0 Å². The van der Waals surface area contributed by atoms with E-state index in [1.165, 1.54) is 6.42 Å². The molecule has 0 radical (unpaired) electrons. The molecule has 2 unspecified atom stereocenters. The second-order valence-corrected chi connectivity index (χ2v) is 7.00. The van der Waals surface area contributed by atoms with Gasteiger partial charge in [-0.25, -0.2) is 4.79 Å². The molecule has 2 atom stereocenters. The molecule has 1 saturated heterocycles. The Kier molecular flexibility index (Phi) is 3.60. The van der Waals surface area contributed by atoms with Crippen molar-refractivity contribution in [3.63, 3.8) is 0 Å². The van der Waals surface area contributed by atoms with E-state index in [0.29, 0.717) is 0 Å². The third-order valence-electron chi connectivity index (χ3n) is 5.73. The van der Waals surface area contributed by atoms with E-state index in [1.807, 2.05) is 24.3 Å². The first-order valence-electron chi connectivity index (χ1n) is 8.76. The first-order chi connectivity index (χ1) is 11.2. The molecule has 2 saturated carbocycles. The molecule has 0 N–H and O–H groups in total. The van der Waals surface area contributed by atoms with Gasteiger partial charge in [0.15, 0.2) is 5.60 Å². The molecule has 1 aromatic carbocycles. The maximum Gasteiger partial charge on any atom is 0.342 e. The molecule has 0 spiro atoms. The van der Waals surface area contributed by atoms with E-state index in [-0.39, 0.29) is 12.1 Å². The van der Waals surface area contributed by atoms with Crippen LogP contribution in [0.4, 0.5) is 0 Å². The van der Waals surface area contributed by atoms with Gasteiger partial charge < -0.3 is 14.2 Å². The van der Waals surface area contributed by atoms with Crippen molar-refractivity contribution in [1.82, 2.24) is 0 Å². The highest BCUT2D eigenvalue weighted by Crippen LogP contribution is 2.66. The molecule has 124 valence electrons. The topological polar surface area (TPSA) is 48.1 Å². The number of fused-ring (bicyclic) bond motifs is 1. The van der Waals surface area contributed by atoms with E-state index in [4.69, 9.17) is 14.2 Å². The molecule has 2 aliphatic carbocycles. The third kappa shape index (κ3) is 2.26. The predicted molar refractivity (Wildman–Crippen MR) is 85.3 cm³/mol. The van der Waals surface area contributed by atoms with E-state index in [2.05, 4.69) is 0 Å². The van der Waals surface area contributed by atoms with Crippen molar-refractivity contribution < 1.29 is 19.0 Å². The number of rotatable bonds is 4. The summed E-state index contributed by atoms with van der Waals surface area (Å²) in [5.41, 5.74) is -0.138. The van der Waals surface area contributed by atoms with E-state index < -0.39 is 11.2 Å². The average molecular weight is 316 g/mol. The van der Waals surface area contributed by atoms with Crippen molar-refractivity contribution in [2.24, 2.45) is 0 Å². The van der Waals surface area contributed by atoms with E-state index in [9.17, 15) is 4.79 Å². The zero-order valence-corrected chi connectivity index (χ0v) is 13.7. The molecule has 1 heterocycles. The van der Waals surface area contributed by atoms with Crippen LogP contribution in [0.5, 0.6) is 5.75 Å². The summed E-state index contributed by atoms with van der Waals surface area (Å²) >= 11 is 0.